The van der Waals surface area contributed by atoms with Crippen molar-refractivity contribution in [1.29, 1.82) is 0 Å². The third-order valence-electron chi connectivity index (χ3n) is 2.78. The molecule has 86 valence electrons. The predicted molar refractivity (Wildman–Crippen MR) is 67.5 cm³/mol. The lowest BCUT2D eigenvalue weighted by molar-refractivity contribution is 0.0950. The van der Waals surface area contributed by atoms with E-state index in [0.29, 0.717) is 11.6 Å². The smallest absolute Gasteiger partial charge is 0.251 e. The van der Waals surface area contributed by atoms with Gasteiger partial charge in [0.2, 0.25) is 0 Å². The van der Waals surface area contributed by atoms with E-state index in [1.54, 1.807) is 0 Å². The summed E-state index contributed by atoms with van der Waals surface area (Å²) in [4.78, 5) is 11.8. The van der Waals surface area contributed by atoms with E-state index in [2.05, 4.69) is 26.6 Å². The van der Waals surface area contributed by atoms with E-state index >= 15 is 0 Å². The summed E-state index contributed by atoms with van der Waals surface area (Å²) >= 11 is 3.35. The summed E-state index contributed by atoms with van der Waals surface area (Å²) in [5.74, 6) is 0.00111. The SMILES string of the molecule is O=C(NCC1CCCN1)c1ccc(Br)cc1. The minimum absolute atomic E-state index is 0.00111. The molecule has 1 aromatic rings. The van der Waals surface area contributed by atoms with Crippen molar-refractivity contribution in [2.45, 2.75) is 18.9 Å². The zero-order chi connectivity index (χ0) is 11.4. The number of halogens is 1. The van der Waals surface area contributed by atoms with Gasteiger partial charge in [-0.15, -0.1) is 0 Å². The van der Waals surface area contributed by atoms with E-state index in [4.69, 9.17) is 0 Å². The van der Waals surface area contributed by atoms with Crippen molar-refractivity contribution in [3.8, 4) is 0 Å². The maximum atomic E-state index is 11.8. The highest BCUT2D eigenvalue weighted by Gasteiger charge is 2.14. The predicted octanol–water partition coefficient (Wildman–Crippen LogP) is 1.93. The first kappa shape index (κ1) is 11.6. The fraction of sp³-hybridized carbons (Fsp3) is 0.417. The van der Waals surface area contributed by atoms with Gasteiger partial charge in [-0.3, -0.25) is 4.79 Å². The number of nitrogens with one attached hydrogen (secondary N) is 2. The lowest BCUT2D eigenvalue weighted by Gasteiger charge is -2.11. The number of rotatable bonds is 3. The molecule has 1 heterocycles. The third kappa shape index (κ3) is 3.06. The first-order chi connectivity index (χ1) is 7.75. The zero-order valence-electron chi connectivity index (χ0n) is 9.00. The van der Waals surface area contributed by atoms with Crippen LogP contribution in [0.25, 0.3) is 0 Å². The maximum absolute atomic E-state index is 11.8. The molecule has 0 saturated carbocycles. The summed E-state index contributed by atoms with van der Waals surface area (Å²) < 4.78 is 0.988. The molecule has 1 unspecified atom stereocenters. The monoisotopic (exact) mass is 282 g/mol. The van der Waals surface area contributed by atoms with Crippen molar-refractivity contribution < 1.29 is 4.79 Å². The lowest BCUT2D eigenvalue weighted by atomic mass is 10.2. The van der Waals surface area contributed by atoms with E-state index in [1.807, 2.05) is 24.3 Å². The Kier molecular flexibility index (Phi) is 3.96. The molecular weight excluding hydrogens is 268 g/mol. The Morgan fingerprint density at radius 1 is 1.44 bits per heavy atom. The van der Waals surface area contributed by atoms with Gasteiger partial charge in [0.25, 0.3) is 5.91 Å². The van der Waals surface area contributed by atoms with Crippen LogP contribution in [0.3, 0.4) is 0 Å². The Morgan fingerprint density at radius 3 is 2.81 bits per heavy atom. The highest BCUT2D eigenvalue weighted by Crippen LogP contribution is 2.10. The Bertz CT molecular complexity index is 358. The van der Waals surface area contributed by atoms with E-state index in [9.17, 15) is 4.79 Å². The summed E-state index contributed by atoms with van der Waals surface area (Å²) in [5.41, 5.74) is 0.709. The van der Waals surface area contributed by atoms with Crippen LogP contribution in [0.4, 0.5) is 0 Å². The van der Waals surface area contributed by atoms with E-state index in [0.717, 1.165) is 24.0 Å². The van der Waals surface area contributed by atoms with Crippen LogP contribution in [0, 0.1) is 0 Å². The minimum Gasteiger partial charge on any atom is -0.350 e. The second-order valence-corrected chi connectivity index (χ2v) is 4.93. The van der Waals surface area contributed by atoms with Crippen molar-refractivity contribution >= 4 is 21.8 Å². The summed E-state index contributed by atoms with van der Waals surface area (Å²) in [6.45, 7) is 1.79. The Balaban J connectivity index is 1.85. The summed E-state index contributed by atoms with van der Waals surface area (Å²) in [5, 5.41) is 6.29. The molecule has 0 aliphatic carbocycles. The zero-order valence-corrected chi connectivity index (χ0v) is 10.6. The fourth-order valence-corrected chi connectivity index (χ4v) is 2.11. The molecule has 1 saturated heterocycles. The van der Waals surface area contributed by atoms with Crippen molar-refractivity contribution in [2.24, 2.45) is 0 Å². The summed E-state index contributed by atoms with van der Waals surface area (Å²) in [7, 11) is 0. The van der Waals surface area contributed by atoms with Gasteiger partial charge in [0.05, 0.1) is 0 Å². The topological polar surface area (TPSA) is 41.1 Å². The van der Waals surface area contributed by atoms with Crippen LogP contribution in [0.2, 0.25) is 0 Å². The molecule has 1 aromatic carbocycles. The second kappa shape index (κ2) is 5.46. The molecule has 1 fully saturated rings. The molecule has 1 amide bonds. The van der Waals surface area contributed by atoms with Gasteiger partial charge in [0, 0.05) is 22.6 Å². The van der Waals surface area contributed by atoms with Crippen molar-refractivity contribution in [2.75, 3.05) is 13.1 Å². The van der Waals surface area contributed by atoms with Gasteiger partial charge in [-0.2, -0.15) is 0 Å². The van der Waals surface area contributed by atoms with E-state index in [-0.39, 0.29) is 5.91 Å². The van der Waals surface area contributed by atoms with Crippen LogP contribution in [-0.4, -0.2) is 25.0 Å². The third-order valence-corrected chi connectivity index (χ3v) is 3.31. The van der Waals surface area contributed by atoms with Gasteiger partial charge < -0.3 is 10.6 Å². The molecule has 4 heteroatoms. The Hall–Kier alpha value is -0.870. The van der Waals surface area contributed by atoms with Crippen molar-refractivity contribution in [3.05, 3.63) is 34.3 Å². The van der Waals surface area contributed by atoms with Gasteiger partial charge in [-0.25, -0.2) is 0 Å². The van der Waals surface area contributed by atoms with Crippen molar-refractivity contribution in [3.63, 3.8) is 0 Å². The molecule has 0 radical (unpaired) electrons. The van der Waals surface area contributed by atoms with Gasteiger partial charge in [0.15, 0.2) is 0 Å². The van der Waals surface area contributed by atoms with Crippen molar-refractivity contribution in [1.82, 2.24) is 10.6 Å². The molecule has 2 N–H and O–H groups in total. The van der Waals surface area contributed by atoms with E-state index in [1.165, 1.54) is 6.42 Å². The molecule has 0 bridgehead atoms. The summed E-state index contributed by atoms with van der Waals surface area (Å²) in [6, 6.07) is 7.84. The molecule has 0 aromatic heterocycles. The normalized spacial score (nSPS) is 19.7. The molecule has 1 atom stereocenters. The quantitative estimate of drug-likeness (QED) is 0.890. The highest BCUT2D eigenvalue weighted by molar-refractivity contribution is 9.10. The average molecular weight is 283 g/mol. The summed E-state index contributed by atoms with van der Waals surface area (Å²) in [6.07, 6.45) is 2.36. The molecular formula is C12H15BrN2O. The Labute approximate surface area is 104 Å². The van der Waals surface area contributed by atoms with Crippen LogP contribution in [-0.2, 0) is 0 Å². The van der Waals surface area contributed by atoms with Crippen LogP contribution in [0.1, 0.15) is 23.2 Å². The maximum Gasteiger partial charge on any atom is 0.251 e. The largest absolute Gasteiger partial charge is 0.350 e. The van der Waals surface area contributed by atoms with Gasteiger partial charge in [-0.05, 0) is 43.7 Å². The standard InChI is InChI=1S/C12H15BrN2O/c13-10-5-3-9(4-6-10)12(16)15-8-11-2-1-7-14-11/h3-6,11,14H,1-2,7-8H2,(H,15,16). The average Bonchev–Trinajstić information content (AvgIpc) is 2.80. The van der Waals surface area contributed by atoms with E-state index < -0.39 is 0 Å². The number of benzene rings is 1. The first-order valence-electron chi connectivity index (χ1n) is 5.53. The van der Waals surface area contributed by atoms with Gasteiger partial charge in [-0.1, -0.05) is 15.9 Å². The molecule has 1 aliphatic heterocycles. The lowest BCUT2D eigenvalue weighted by Crippen LogP contribution is -2.37. The van der Waals surface area contributed by atoms with Gasteiger partial charge >= 0.3 is 0 Å². The number of carbonyl (C=O) groups is 1. The molecule has 2 rings (SSSR count). The molecule has 16 heavy (non-hydrogen) atoms. The van der Waals surface area contributed by atoms with Crippen LogP contribution in [0.15, 0.2) is 28.7 Å². The molecule has 0 spiro atoms. The highest BCUT2D eigenvalue weighted by atomic mass is 79.9. The molecule has 1 aliphatic rings. The van der Waals surface area contributed by atoms with Crippen LogP contribution < -0.4 is 10.6 Å². The van der Waals surface area contributed by atoms with Gasteiger partial charge in [0.1, 0.15) is 0 Å². The number of hydrogen-bond donors (Lipinski definition) is 2. The number of carbonyl (C=O) groups excluding carboxylic acids is 1. The second-order valence-electron chi connectivity index (χ2n) is 4.01. The van der Waals surface area contributed by atoms with Crippen LogP contribution >= 0.6 is 15.9 Å². The first-order valence-corrected chi connectivity index (χ1v) is 6.32. The Morgan fingerprint density at radius 2 is 2.19 bits per heavy atom. The fourth-order valence-electron chi connectivity index (χ4n) is 1.85. The number of hydrogen-bond acceptors (Lipinski definition) is 2. The minimum atomic E-state index is 0.00111. The van der Waals surface area contributed by atoms with Crippen LogP contribution in [0.5, 0.6) is 0 Å². The molecule has 3 nitrogen and oxygen atoms in total. The number of amides is 1.